The maximum Gasteiger partial charge on any atom is 0.240 e. The summed E-state index contributed by atoms with van der Waals surface area (Å²) in [5, 5.41) is 3.27. The molecular formula is C22H20N2O3S. The molecule has 3 aromatic carbocycles. The van der Waals surface area contributed by atoms with Crippen LogP contribution in [-0.2, 0) is 23.1 Å². The molecule has 0 amide bonds. The summed E-state index contributed by atoms with van der Waals surface area (Å²) < 4.78 is 27.3. The number of carbonyl (C=O) groups is 1. The zero-order valence-electron chi connectivity index (χ0n) is 15.2. The molecule has 0 bridgehead atoms. The molecule has 6 heteroatoms. The number of fused-ring (bicyclic) bond motifs is 1. The van der Waals surface area contributed by atoms with E-state index < -0.39 is 10.0 Å². The Morgan fingerprint density at radius 3 is 2.29 bits per heavy atom. The molecule has 2 N–H and O–H groups in total. The van der Waals surface area contributed by atoms with Crippen molar-refractivity contribution in [1.82, 2.24) is 10.0 Å². The van der Waals surface area contributed by atoms with Crippen LogP contribution in [0.2, 0.25) is 0 Å². The highest BCUT2D eigenvalue weighted by atomic mass is 32.2. The number of Topliss-reactive ketones (excluding diaryl/α,β-unsaturated/α-hetero) is 1. The van der Waals surface area contributed by atoms with Crippen LogP contribution in [0.4, 0.5) is 0 Å². The second kappa shape index (κ2) is 7.67. The number of hydrogen-bond donors (Lipinski definition) is 2. The Morgan fingerprint density at radius 1 is 0.893 bits per heavy atom. The molecule has 1 aliphatic heterocycles. The van der Waals surface area contributed by atoms with Gasteiger partial charge in [0.15, 0.2) is 5.78 Å². The number of carbonyl (C=O) groups excluding carboxylic acids is 1. The van der Waals surface area contributed by atoms with Gasteiger partial charge in [-0.05, 0) is 46.5 Å². The second-order valence-electron chi connectivity index (χ2n) is 6.69. The van der Waals surface area contributed by atoms with Crippen LogP contribution in [0, 0.1) is 0 Å². The zero-order valence-corrected chi connectivity index (χ0v) is 16.0. The van der Waals surface area contributed by atoms with E-state index in [0.717, 1.165) is 22.3 Å². The van der Waals surface area contributed by atoms with E-state index in [4.69, 9.17) is 0 Å². The maximum absolute atomic E-state index is 12.9. The van der Waals surface area contributed by atoms with E-state index in [1.54, 1.807) is 18.2 Å². The van der Waals surface area contributed by atoms with Crippen LogP contribution in [0.3, 0.4) is 0 Å². The van der Waals surface area contributed by atoms with Crippen molar-refractivity contribution in [2.75, 3.05) is 6.54 Å². The fourth-order valence-corrected chi connectivity index (χ4v) is 4.41. The molecule has 4 rings (SSSR count). The summed E-state index contributed by atoms with van der Waals surface area (Å²) in [6.45, 7) is 1.03. The standard InChI is InChI=1S/C22H20N2O3S/c25-22(15-24-28(26,27)19-9-5-2-6-10-19)20-12-17(16-7-3-1-4-8-16)11-18-13-23-14-21(18)20/h1-12,23-24H,13-15H2. The van der Waals surface area contributed by atoms with Crippen LogP contribution in [-0.4, -0.2) is 20.7 Å². The first-order valence-electron chi connectivity index (χ1n) is 9.04. The molecule has 0 unspecified atom stereocenters. The Labute approximate surface area is 164 Å². The molecule has 0 radical (unpaired) electrons. The van der Waals surface area contributed by atoms with Crippen LogP contribution in [0.5, 0.6) is 0 Å². The van der Waals surface area contributed by atoms with Crippen molar-refractivity contribution in [2.24, 2.45) is 0 Å². The van der Waals surface area contributed by atoms with Gasteiger partial charge in [-0.15, -0.1) is 0 Å². The van der Waals surface area contributed by atoms with Gasteiger partial charge in [0.05, 0.1) is 11.4 Å². The van der Waals surface area contributed by atoms with Crippen molar-refractivity contribution in [3.8, 4) is 11.1 Å². The number of ketones is 1. The number of sulfonamides is 1. The summed E-state index contributed by atoms with van der Waals surface area (Å²) in [7, 11) is -3.73. The van der Waals surface area contributed by atoms with Crippen LogP contribution in [0.1, 0.15) is 21.5 Å². The quantitative estimate of drug-likeness (QED) is 0.632. The molecule has 0 saturated heterocycles. The first-order valence-corrected chi connectivity index (χ1v) is 10.5. The highest BCUT2D eigenvalue weighted by molar-refractivity contribution is 7.89. The van der Waals surface area contributed by atoms with Gasteiger partial charge in [0.2, 0.25) is 10.0 Å². The minimum absolute atomic E-state index is 0.146. The summed E-state index contributed by atoms with van der Waals surface area (Å²) in [5.41, 5.74) is 4.57. The van der Waals surface area contributed by atoms with Crippen LogP contribution in [0.15, 0.2) is 77.7 Å². The van der Waals surface area contributed by atoms with Gasteiger partial charge in [-0.1, -0.05) is 48.5 Å². The molecule has 0 aliphatic carbocycles. The van der Waals surface area contributed by atoms with E-state index in [2.05, 4.69) is 16.1 Å². The van der Waals surface area contributed by atoms with Gasteiger partial charge in [0.1, 0.15) is 0 Å². The molecule has 1 aliphatic rings. The Balaban J connectivity index is 1.62. The summed E-state index contributed by atoms with van der Waals surface area (Å²) in [4.78, 5) is 13.1. The molecule has 0 atom stereocenters. The lowest BCUT2D eigenvalue weighted by atomic mass is 9.94. The van der Waals surface area contributed by atoms with Gasteiger partial charge in [-0.25, -0.2) is 13.1 Å². The van der Waals surface area contributed by atoms with Crippen molar-refractivity contribution in [3.63, 3.8) is 0 Å². The van der Waals surface area contributed by atoms with E-state index in [0.29, 0.717) is 18.7 Å². The molecule has 0 saturated carbocycles. The predicted molar refractivity (Wildman–Crippen MR) is 108 cm³/mol. The third-order valence-corrected chi connectivity index (χ3v) is 6.26. The van der Waals surface area contributed by atoms with Crippen molar-refractivity contribution < 1.29 is 13.2 Å². The van der Waals surface area contributed by atoms with Crippen molar-refractivity contribution in [2.45, 2.75) is 18.0 Å². The van der Waals surface area contributed by atoms with Gasteiger partial charge < -0.3 is 5.32 Å². The third kappa shape index (κ3) is 3.75. The van der Waals surface area contributed by atoms with Gasteiger partial charge >= 0.3 is 0 Å². The highest BCUT2D eigenvalue weighted by Gasteiger charge is 2.22. The fraction of sp³-hybridized carbons (Fsp3) is 0.136. The van der Waals surface area contributed by atoms with Crippen molar-refractivity contribution in [3.05, 3.63) is 89.5 Å². The first-order chi connectivity index (χ1) is 13.5. The summed E-state index contributed by atoms with van der Waals surface area (Å²) in [6, 6.07) is 21.9. The molecule has 0 fully saturated rings. The van der Waals surface area contributed by atoms with Gasteiger partial charge in [-0.2, -0.15) is 0 Å². The second-order valence-corrected chi connectivity index (χ2v) is 8.46. The third-order valence-electron chi connectivity index (χ3n) is 4.84. The first kappa shape index (κ1) is 18.6. The average Bonchev–Trinajstić information content (AvgIpc) is 3.21. The normalized spacial score (nSPS) is 13.3. The lowest BCUT2D eigenvalue weighted by molar-refractivity contribution is 0.0996. The lowest BCUT2D eigenvalue weighted by Crippen LogP contribution is -2.30. The maximum atomic E-state index is 12.9. The topological polar surface area (TPSA) is 75.3 Å². The minimum atomic E-state index is -3.73. The van der Waals surface area contributed by atoms with Crippen LogP contribution < -0.4 is 10.0 Å². The summed E-state index contributed by atoms with van der Waals surface area (Å²) >= 11 is 0. The Kier molecular flexibility index (Phi) is 5.09. The summed E-state index contributed by atoms with van der Waals surface area (Å²) in [5.74, 6) is -0.239. The smallest absolute Gasteiger partial charge is 0.240 e. The molecule has 1 heterocycles. The van der Waals surface area contributed by atoms with Gasteiger partial charge in [0, 0.05) is 18.7 Å². The largest absolute Gasteiger partial charge is 0.309 e. The van der Waals surface area contributed by atoms with Crippen LogP contribution in [0.25, 0.3) is 11.1 Å². The van der Waals surface area contributed by atoms with Crippen molar-refractivity contribution >= 4 is 15.8 Å². The number of nitrogens with one attached hydrogen (secondary N) is 2. The number of hydrogen-bond acceptors (Lipinski definition) is 4. The average molecular weight is 392 g/mol. The molecule has 0 aromatic heterocycles. The Morgan fingerprint density at radius 2 is 1.57 bits per heavy atom. The number of benzene rings is 3. The monoisotopic (exact) mass is 392 g/mol. The van der Waals surface area contributed by atoms with Gasteiger partial charge in [-0.3, -0.25) is 4.79 Å². The molecule has 3 aromatic rings. The molecule has 142 valence electrons. The molecule has 0 spiro atoms. The SMILES string of the molecule is O=C(CNS(=O)(=O)c1ccccc1)c1cc(-c2ccccc2)cc2c1CNC2. The summed E-state index contributed by atoms with van der Waals surface area (Å²) in [6.07, 6.45) is 0. The zero-order chi connectivity index (χ0) is 19.6. The van der Waals surface area contributed by atoms with E-state index in [-0.39, 0.29) is 17.2 Å². The van der Waals surface area contributed by atoms with Crippen molar-refractivity contribution in [1.29, 1.82) is 0 Å². The highest BCUT2D eigenvalue weighted by Crippen LogP contribution is 2.28. The van der Waals surface area contributed by atoms with E-state index in [9.17, 15) is 13.2 Å². The predicted octanol–water partition coefficient (Wildman–Crippen LogP) is 3.12. The lowest BCUT2D eigenvalue weighted by Gasteiger charge is -2.12. The van der Waals surface area contributed by atoms with E-state index in [1.807, 2.05) is 36.4 Å². The van der Waals surface area contributed by atoms with Crippen LogP contribution >= 0.6 is 0 Å². The fourth-order valence-electron chi connectivity index (χ4n) is 3.41. The Hall–Kier alpha value is -2.80. The van der Waals surface area contributed by atoms with Gasteiger partial charge in [0.25, 0.3) is 0 Å². The molecule has 28 heavy (non-hydrogen) atoms. The minimum Gasteiger partial charge on any atom is -0.309 e. The molecular weight excluding hydrogens is 372 g/mol. The number of rotatable bonds is 6. The van der Waals surface area contributed by atoms with E-state index >= 15 is 0 Å². The van der Waals surface area contributed by atoms with E-state index in [1.165, 1.54) is 12.1 Å². The molecule has 5 nitrogen and oxygen atoms in total. The Bertz CT molecular complexity index is 1110.